The van der Waals surface area contributed by atoms with Crippen LogP contribution in [0.3, 0.4) is 0 Å². The molecule has 1 unspecified atom stereocenters. The quantitative estimate of drug-likeness (QED) is 0.152. The zero-order chi connectivity index (χ0) is 23.7. The molecule has 186 valence electrons. The fourth-order valence-corrected chi connectivity index (χ4v) is 4.25. The van der Waals surface area contributed by atoms with E-state index in [1.807, 2.05) is 6.07 Å². The molecule has 0 bridgehead atoms. The van der Waals surface area contributed by atoms with Gasteiger partial charge in [-0.1, -0.05) is 97.0 Å². The first-order valence-electron chi connectivity index (χ1n) is 13.1. The van der Waals surface area contributed by atoms with Crippen molar-refractivity contribution in [2.45, 2.75) is 129 Å². The Kier molecular flexibility index (Phi) is 20.1. The first-order chi connectivity index (χ1) is 15.4. The third kappa shape index (κ3) is 16.3. The van der Waals surface area contributed by atoms with E-state index in [2.05, 4.69) is 26.0 Å². The largest absolute Gasteiger partial charge is 1.00 e. The van der Waals surface area contributed by atoms with Gasteiger partial charge in [0, 0.05) is 0 Å². The second kappa shape index (κ2) is 20.2. The molecule has 0 aliphatic heterocycles. The molecule has 0 amide bonds. The van der Waals surface area contributed by atoms with Gasteiger partial charge in [0.1, 0.15) is 22.5 Å². The Morgan fingerprint density at radius 3 is 1.70 bits per heavy atom. The van der Waals surface area contributed by atoms with Gasteiger partial charge in [0.05, 0.1) is 5.25 Å². The number of ether oxygens (including phenoxy) is 1. The van der Waals surface area contributed by atoms with Crippen LogP contribution in [0.25, 0.3) is 0 Å². The summed E-state index contributed by atoms with van der Waals surface area (Å²) in [6.45, 7) is 5.80. The zero-order valence-electron chi connectivity index (χ0n) is 21.9. The van der Waals surface area contributed by atoms with Crippen LogP contribution in [-0.4, -0.2) is 24.8 Å². The molecule has 6 heteroatoms. The van der Waals surface area contributed by atoms with E-state index in [0.717, 1.165) is 12.8 Å². The molecule has 0 aliphatic carbocycles. The van der Waals surface area contributed by atoms with E-state index in [-0.39, 0.29) is 36.2 Å². The first-order valence-corrected chi connectivity index (χ1v) is 14.5. The number of hydrogen-bond acceptors (Lipinski definition) is 4. The molecular weight excluding hydrogens is 443 g/mol. The average molecular weight is 491 g/mol. The molecule has 0 N–H and O–H groups in total. The van der Waals surface area contributed by atoms with Crippen molar-refractivity contribution < 1.29 is 47.3 Å². The summed E-state index contributed by atoms with van der Waals surface area (Å²) in [5, 5.41) is -1.04. The maximum Gasteiger partial charge on any atom is 1.00 e. The van der Waals surface area contributed by atoms with Crippen LogP contribution in [-0.2, 0) is 23.0 Å². The molecule has 0 saturated carbocycles. The summed E-state index contributed by atoms with van der Waals surface area (Å²) in [7, 11) is -4.32. The van der Waals surface area contributed by atoms with Gasteiger partial charge in [-0.05, 0) is 55.9 Å². The SMILES string of the molecule is CCCCCCCCCc1ccc(OCC(C)S(=O)(=O)[O-])cc1CCCCCCCCC.[Na+]. The number of benzene rings is 1. The fourth-order valence-electron chi connectivity index (χ4n) is 4.01. The Morgan fingerprint density at radius 1 is 0.758 bits per heavy atom. The topological polar surface area (TPSA) is 66.4 Å². The van der Waals surface area contributed by atoms with Crippen LogP contribution in [0, 0.1) is 0 Å². The smallest absolute Gasteiger partial charge is 0.748 e. The van der Waals surface area contributed by atoms with Gasteiger partial charge < -0.3 is 9.29 Å². The zero-order valence-corrected chi connectivity index (χ0v) is 24.7. The first kappa shape index (κ1) is 32.9. The number of unbranched alkanes of at least 4 members (excludes halogenated alkanes) is 12. The molecule has 0 saturated heterocycles. The van der Waals surface area contributed by atoms with E-state index in [1.54, 1.807) is 0 Å². The summed E-state index contributed by atoms with van der Waals surface area (Å²) in [5.41, 5.74) is 2.71. The van der Waals surface area contributed by atoms with Crippen LogP contribution in [0.2, 0.25) is 0 Å². The van der Waals surface area contributed by atoms with Gasteiger partial charge in [-0.3, -0.25) is 0 Å². The summed E-state index contributed by atoms with van der Waals surface area (Å²) in [6.07, 6.45) is 20.2. The Hall–Kier alpha value is -0.0700. The van der Waals surface area contributed by atoms with E-state index in [4.69, 9.17) is 4.74 Å². The number of rotatable bonds is 20. The minimum Gasteiger partial charge on any atom is -0.748 e. The maximum atomic E-state index is 11.1. The van der Waals surface area contributed by atoms with E-state index >= 15 is 0 Å². The molecule has 33 heavy (non-hydrogen) atoms. The van der Waals surface area contributed by atoms with Crippen LogP contribution < -0.4 is 34.3 Å². The second-order valence-corrected chi connectivity index (χ2v) is 11.1. The summed E-state index contributed by atoms with van der Waals surface area (Å²) in [4.78, 5) is 0. The molecule has 1 aromatic carbocycles. The van der Waals surface area contributed by atoms with Crippen LogP contribution in [0.15, 0.2) is 18.2 Å². The molecule has 1 rings (SSSR count). The van der Waals surface area contributed by atoms with Crippen molar-refractivity contribution >= 4 is 10.1 Å². The van der Waals surface area contributed by atoms with Crippen LogP contribution in [0.5, 0.6) is 5.75 Å². The number of aryl methyl sites for hydroxylation is 2. The van der Waals surface area contributed by atoms with Crippen molar-refractivity contribution in [2.24, 2.45) is 0 Å². The third-order valence-electron chi connectivity index (χ3n) is 6.25. The van der Waals surface area contributed by atoms with Gasteiger partial charge in [-0.2, -0.15) is 0 Å². The van der Waals surface area contributed by atoms with Crippen molar-refractivity contribution in [3.05, 3.63) is 29.3 Å². The van der Waals surface area contributed by atoms with Crippen LogP contribution in [0.1, 0.15) is 122 Å². The Morgan fingerprint density at radius 2 is 1.21 bits per heavy atom. The van der Waals surface area contributed by atoms with Gasteiger partial charge in [-0.25, -0.2) is 8.42 Å². The maximum absolute atomic E-state index is 11.1. The van der Waals surface area contributed by atoms with Crippen LogP contribution >= 0.6 is 0 Å². The summed E-state index contributed by atoms with van der Waals surface area (Å²) in [5.74, 6) is 0.668. The summed E-state index contributed by atoms with van der Waals surface area (Å²) in [6, 6.07) is 6.13. The Labute approximate surface area is 226 Å². The van der Waals surface area contributed by atoms with E-state index in [1.165, 1.54) is 108 Å². The van der Waals surface area contributed by atoms with Gasteiger partial charge in [-0.15, -0.1) is 0 Å². The van der Waals surface area contributed by atoms with Crippen molar-refractivity contribution in [1.82, 2.24) is 0 Å². The summed E-state index contributed by atoms with van der Waals surface area (Å²) >= 11 is 0. The normalized spacial score (nSPS) is 12.4. The standard InChI is InChI=1S/C27H48O4S.Na/c1-4-6-8-10-12-14-16-18-25-20-21-27(31-23-24(3)32(28,29)30)22-26(25)19-17-15-13-11-9-7-5-2;/h20-22,24H,4-19,23H2,1-3H3,(H,28,29,30);/q;+1/p-1. The summed E-state index contributed by atoms with van der Waals surface area (Å²) < 4.78 is 39.1. The molecule has 0 fully saturated rings. The molecule has 0 heterocycles. The van der Waals surface area contributed by atoms with Crippen molar-refractivity contribution in [3.63, 3.8) is 0 Å². The third-order valence-corrected chi connectivity index (χ3v) is 7.38. The molecule has 1 atom stereocenters. The van der Waals surface area contributed by atoms with Gasteiger partial charge >= 0.3 is 29.6 Å². The Bertz CT molecular complexity index is 706. The molecule has 0 aromatic heterocycles. The van der Waals surface area contributed by atoms with Gasteiger partial charge in [0.15, 0.2) is 0 Å². The molecular formula is C27H47NaO4S. The van der Waals surface area contributed by atoms with E-state index < -0.39 is 15.4 Å². The molecule has 1 aromatic rings. The van der Waals surface area contributed by atoms with Crippen molar-refractivity contribution in [1.29, 1.82) is 0 Å². The van der Waals surface area contributed by atoms with Crippen molar-refractivity contribution in [2.75, 3.05) is 6.61 Å². The fraction of sp³-hybridized carbons (Fsp3) is 0.778. The predicted molar refractivity (Wildman–Crippen MR) is 134 cm³/mol. The van der Waals surface area contributed by atoms with Crippen molar-refractivity contribution in [3.8, 4) is 5.75 Å². The monoisotopic (exact) mass is 490 g/mol. The Balaban J connectivity index is 0.0000102. The van der Waals surface area contributed by atoms with E-state index in [9.17, 15) is 13.0 Å². The van der Waals surface area contributed by atoms with Gasteiger partial charge in [0.25, 0.3) is 0 Å². The number of hydrogen-bond donors (Lipinski definition) is 0. The van der Waals surface area contributed by atoms with Crippen LogP contribution in [0.4, 0.5) is 0 Å². The predicted octanol–water partition coefficient (Wildman–Crippen LogP) is 4.59. The molecule has 0 radical (unpaired) electrons. The minimum atomic E-state index is -4.32. The second-order valence-electron chi connectivity index (χ2n) is 9.29. The molecule has 0 aliphatic rings. The average Bonchev–Trinajstić information content (AvgIpc) is 2.76. The molecule has 0 spiro atoms. The van der Waals surface area contributed by atoms with Gasteiger partial charge in [0.2, 0.25) is 0 Å². The molecule has 4 nitrogen and oxygen atoms in total. The van der Waals surface area contributed by atoms with E-state index in [0.29, 0.717) is 5.75 Å². The minimum absolute atomic E-state index is 0.